The highest BCUT2D eigenvalue weighted by atomic mass is 127. The summed E-state index contributed by atoms with van der Waals surface area (Å²) in [4.78, 5) is 9.08. The summed E-state index contributed by atoms with van der Waals surface area (Å²) in [6.45, 7) is 10.6. The van der Waals surface area contributed by atoms with Crippen LogP contribution >= 0.6 is 24.0 Å². The van der Waals surface area contributed by atoms with E-state index < -0.39 is 0 Å². The van der Waals surface area contributed by atoms with Gasteiger partial charge in [0.2, 0.25) is 0 Å². The number of aromatic nitrogens is 3. The maximum absolute atomic E-state index is 4.58. The number of hydrogen-bond donors (Lipinski definition) is 2. The molecule has 2 aromatic heterocycles. The Balaban J connectivity index is 0.00000288. The topological polar surface area (TPSA) is 67.1 Å². The number of pyridine rings is 1. The predicted octanol–water partition coefficient (Wildman–Crippen LogP) is 2.97. The lowest BCUT2D eigenvalue weighted by Gasteiger charge is -2.10. The van der Waals surface area contributed by atoms with Crippen molar-refractivity contribution in [3.8, 4) is 5.82 Å². The molecule has 0 amide bonds. The van der Waals surface area contributed by atoms with Gasteiger partial charge in [0.25, 0.3) is 0 Å². The van der Waals surface area contributed by atoms with Gasteiger partial charge in [0.15, 0.2) is 11.8 Å². The molecule has 2 rings (SSSR count). The number of nitrogens with one attached hydrogen (secondary N) is 2. The molecule has 0 aromatic carbocycles. The molecule has 7 heteroatoms. The first-order valence-corrected chi connectivity index (χ1v) is 8.14. The number of aliphatic imine (C=N–C) groups is 1. The van der Waals surface area contributed by atoms with Gasteiger partial charge in [0.05, 0.1) is 12.2 Å². The molecule has 132 valence electrons. The molecule has 0 aliphatic carbocycles. The normalized spacial score (nSPS) is 11.1. The fourth-order valence-electron chi connectivity index (χ4n) is 2.25. The molecular formula is C17H27IN6. The van der Waals surface area contributed by atoms with Crippen LogP contribution in [0.25, 0.3) is 5.82 Å². The third-order valence-electron chi connectivity index (χ3n) is 3.34. The average molecular weight is 442 g/mol. The molecule has 0 aliphatic heterocycles. The largest absolute Gasteiger partial charge is 0.357 e. The number of aryl methyl sites for hydroxylation is 2. The molecule has 24 heavy (non-hydrogen) atoms. The molecular weight excluding hydrogens is 415 g/mol. The molecule has 0 aliphatic rings. The Morgan fingerprint density at radius 3 is 2.54 bits per heavy atom. The fraction of sp³-hybridized carbons (Fsp3) is 0.471. The second kappa shape index (κ2) is 10.3. The van der Waals surface area contributed by atoms with E-state index in [1.165, 1.54) is 0 Å². The van der Waals surface area contributed by atoms with E-state index in [9.17, 15) is 0 Å². The van der Waals surface area contributed by atoms with Crippen molar-refractivity contribution < 1.29 is 0 Å². The van der Waals surface area contributed by atoms with Gasteiger partial charge in [-0.3, -0.25) is 0 Å². The van der Waals surface area contributed by atoms with Gasteiger partial charge in [0.1, 0.15) is 0 Å². The standard InChI is InChI=1S/C17H26N6.HI/c1-5-9-19-17(18-6-2)21-12-15-7-8-16(20-11-15)23-14(4)10-13(3)22-23;/h7-8,10-11H,5-6,9,12H2,1-4H3,(H2,18,19,21);1H. The van der Waals surface area contributed by atoms with Crippen molar-refractivity contribution in [1.82, 2.24) is 25.4 Å². The molecule has 2 N–H and O–H groups in total. The Morgan fingerprint density at radius 2 is 2.00 bits per heavy atom. The second-order valence-electron chi connectivity index (χ2n) is 5.49. The van der Waals surface area contributed by atoms with Crippen LogP contribution in [0.3, 0.4) is 0 Å². The Labute approximate surface area is 161 Å². The van der Waals surface area contributed by atoms with Gasteiger partial charge in [-0.05, 0) is 44.9 Å². The van der Waals surface area contributed by atoms with Gasteiger partial charge in [0, 0.05) is 25.0 Å². The maximum atomic E-state index is 4.58. The van der Waals surface area contributed by atoms with Crippen LogP contribution in [0.1, 0.15) is 37.2 Å². The van der Waals surface area contributed by atoms with Gasteiger partial charge in [-0.2, -0.15) is 5.10 Å². The average Bonchev–Trinajstić information content (AvgIpc) is 2.89. The van der Waals surface area contributed by atoms with Gasteiger partial charge in [-0.15, -0.1) is 24.0 Å². The highest BCUT2D eigenvalue weighted by Gasteiger charge is 2.05. The summed E-state index contributed by atoms with van der Waals surface area (Å²) in [6, 6.07) is 6.07. The van der Waals surface area contributed by atoms with E-state index in [0.717, 1.165) is 48.2 Å². The van der Waals surface area contributed by atoms with Crippen LogP contribution in [-0.2, 0) is 6.54 Å². The van der Waals surface area contributed by atoms with Gasteiger partial charge >= 0.3 is 0 Å². The number of hydrogen-bond acceptors (Lipinski definition) is 3. The molecule has 2 heterocycles. The summed E-state index contributed by atoms with van der Waals surface area (Å²) in [6.07, 6.45) is 2.93. The first kappa shape index (κ1) is 20.4. The van der Waals surface area contributed by atoms with Crippen LogP contribution in [0.2, 0.25) is 0 Å². The molecule has 6 nitrogen and oxygen atoms in total. The summed E-state index contributed by atoms with van der Waals surface area (Å²) in [5, 5.41) is 11.0. The molecule has 0 saturated heterocycles. The Hall–Kier alpha value is -1.64. The highest BCUT2D eigenvalue weighted by molar-refractivity contribution is 14.0. The summed E-state index contributed by atoms with van der Waals surface area (Å²) < 4.78 is 1.86. The van der Waals surface area contributed by atoms with Crippen LogP contribution < -0.4 is 10.6 Å². The number of rotatable bonds is 6. The Morgan fingerprint density at radius 1 is 1.21 bits per heavy atom. The molecule has 0 spiro atoms. The Kier molecular flexibility index (Phi) is 8.73. The molecule has 0 saturated carbocycles. The first-order chi connectivity index (χ1) is 11.1. The number of halogens is 1. The van der Waals surface area contributed by atoms with Crippen LogP contribution in [0.4, 0.5) is 0 Å². The lowest BCUT2D eigenvalue weighted by Crippen LogP contribution is -2.37. The lowest BCUT2D eigenvalue weighted by molar-refractivity contribution is 0.783. The molecule has 0 atom stereocenters. The first-order valence-electron chi connectivity index (χ1n) is 8.14. The van der Waals surface area contributed by atoms with Crippen molar-refractivity contribution in [3.63, 3.8) is 0 Å². The SMILES string of the molecule is CCCNC(=NCc1ccc(-n2nc(C)cc2C)nc1)NCC.I. The smallest absolute Gasteiger partial charge is 0.191 e. The number of nitrogens with zero attached hydrogens (tertiary/aromatic N) is 4. The maximum Gasteiger partial charge on any atom is 0.191 e. The van der Waals surface area contributed by atoms with Crippen LogP contribution in [0, 0.1) is 13.8 Å². The fourth-order valence-corrected chi connectivity index (χ4v) is 2.25. The van der Waals surface area contributed by atoms with Crippen LogP contribution in [0.15, 0.2) is 29.4 Å². The van der Waals surface area contributed by atoms with E-state index in [0.29, 0.717) is 6.54 Å². The van der Waals surface area contributed by atoms with Gasteiger partial charge < -0.3 is 10.6 Å². The third kappa shape index (κ3) is 5.77. The van der Waals surface area contributed by atoms with Crippen molar-refractivity contribution in [2.24, 2.45) is 4.99 Å². The number of guanidine groups is 1. The van der Waals surface area contributed by atoms with Crippen molar-refractivity contribution in [2.45, 2.75) is 40.7 Å². The van der Waals surface area contributed by atoms with E-state index >= 15 is 0 Å². The molecule has 0 radical (unpaired) electrons. The molecule has 0 fully saturated rings. The summed E-state index contributed by atoms with van der Waals surface area (Å²) in [5.74, 6) is 1.68. The molecule has 2 aromatic rings. The zero-order chi connectivity index (χ0) is 16.7. The van der Waals surface area contributed by atoms with E-state index in [1.54, 1.807) is 0 Å². The van der Waals surface area contributed by atoms with Crippen LogP contribution in [-0.4, -0.2) is 33.8 Å². The molecule has 0 bridgehead atoms. The summed E-state index contributed by atoms with van der Waals surface area (Å²) >= 11 is 0. The minimum atomic E-state index is 0. The van der Waals surface area contributed by atoms with Crippen molar-refractivity contribution >= 4 is 29.9 Å². The van der Waals surface area contributed by atoms with Gasteiger partial charge in [-0.25, -0.2) is 14.7 Å². The quantitative estimate of drug-likeness (QED) is 0.410. The van der Waals surface area contributed by atoms with Crippen LogP contribution in [0.5, 0.6) is 0 Å². The Bertz CT molecular complexity index is 648. The van der Waals surface area contributed by atoms with Crippen molar-refractivity contribution in [1.29, 1.82) is 0 Å². The van der Waals surface area contributed by atoms with E-state index in [2.05, 4.69) is 39.6 Å². The summed E-state index contributed by atoms with van der Waals surface area (Å²) in [5.41, 5.74) is 3.15. The van der Waals surface area contributed by atoms with Gasteiger partial charge in [-0.1, -0.05) is 13.0 Å². The van der Waals surface area contributed by atoms with Crippen molar-refractivity contribution in [2.75, 3.05) is 13.1 Å². The minimum Gasteiger partial charge on any atom is -0.357 e. The van der Waals surface area contributed by atoms with Crippen molar-refractivity contribution in [3.05, 3.63) is 41.3 Å². The monoisotopic (exact) mass is 442 g/mol. The highest BCUT2D eigenvalue weighted by Crippen LogP contribution is 2.10. The van der Waals surface area contributed by atoms with E-state index in [1.807, 2.05) is 42.9 Å². The second-order valence-corrected chi connectivity index (χ2v) is 5.49. The zero-order valence-electron chi connectivity index (χ0n) is 14.8. The zero-order valence-corrected chi connectivity index (χ0v) is 17.2. The van der Waals surface area contributed by atoms with E-state index in [-0.39, 0.29) is 24.0 Å². The predicted molar refractivity (Wildman–Crippen MR) is 109 cm³/mol. The lowest BCUT2D eigenvalue weighted by atomic mass is 10.3. The summed E-state index contributed by atoms with van der Waals surface area (Å²) in [7, 11) is 0. The minimum absolute atomic E-state index is 0. The molecule has 0 unspecified atom stereocenters. The van der Waals surface area contributed by atoms with E-state index in [4.69, 9.17) is 0 Å². The third-order valence-corrected chi connectivity index (χ3v) is 3.34.